The van der Waals surface area contributed by atoms with Crippen molar-refractivity contribution in [3.05, 3.63) is 0 Å². The van der Waals surface area contributed by atoms with E-state index >= 15 is 0 Å². The van der Waals surface area contributed by atoms with Crippen LogP contribution in [0.4, 0.5) is 0 Å². The zero-order valence-electron chi connectivity index (χ0n) is 12.4. The van der Waals surface area contributed by atoms with Gasteiger partial charge < -0.3 is 15.2 Å². The summed E-state index contributed by atoms with van der Waals surface area (Å²) < 4.78 is 5.64. The predicted molar refractivity (Wildman–Crippen MR) is 74.3 cm³/mol. The maximum Gasteiger partial charge on any atom is 0.306 e. The second-order valence-corrected chi connectivity index (χ2v) is 6.71. The van der Waals surface area contributed by atoms with Crippen molar-refractivity contribution in [3.8, 4) is 0 Å². The van der Waals surface area contributed by atoms with E-state index in [0.29, 0.717) is 19.4 Å². The van der Waals surface area contributed by atoms with Crippen molar-refractivity contribution in [2.24, 2.45) is 11.8 Å². The fourth-order valence-electron chi connectivity index (χ4n) is 3.33. The minimum absolute atomic E-state index is 0.0265. The number of hydrogen-bond donors (Lipinski definition) is 2. The van der Waals surface area contributed by atoms with E-state index in [2.05, 4.69) is 5.32 Å². The molecule has 3 atom stereocenters. The Kier molecular flexibility index (Phi) is 4.68. The van der Waals surface area contributed by atoms with Gasteiger partial charge in [0.25, 0.3) is 0 Å². The van der Waals surface area contributed by atoms with Crippen molar-refractivity contribution >= 4 is 11.9 Å². The Hall–Kier alpha value is -1.10. The average molecular weight is 283 g/mol. The van der Waals surface area contributed by atoms with Crippen molar-refractivity contribution in [1.82, 2.24) is 5.32 Å². The highest BCUT2D eigenvalue weighted by Gasteiger charge is 2.34. The van der Waals surface area contributed by atoms with Gasteiger partial charge in [0.05, 0.1) is 11.5 Å². The Morgan fingerprint density at radius 3 is 2.55 bits per heavy atom. The molecule has 2 aliphatic rings. The summed E-state index contributed by atoms with van der Waals surface area (Å²) in [5.41, 5.74) is -0.188. The number of ether oxygens (including phenoxy) is 1. The number of nitrogens with one attached hydrogen (secondary N) is 1. The van der Waals surface area contributed by atoms with Gasteiger partial charge in [-0.2, -0.15) is 0 Å². The summed E-state index contributed by atoms with van der Waals surface area (Å²) in [6.07, 6.45) is 4.46. The lowest BCUT2D eigenvalue weighted by atomic mass is 9.80. The van der Waals surface area contributed by atoms with Crippen LogP contribution in [0.15, 0.2) is 0 Å². The summed E-state index contributed by atoms with van der Waals surface area (Å²) >= 11 is 0. The average Bonchev–Trinajstić information content (AvgIpc) is 2.37. The van der Waals surface area contributed by atoms with Gasteiger partial charge in [-0.05, 0) is 46.0 Å². The van der Waals surface area contributed by atoms with E-state index in [1.807, 2.05) is 13.8 Å². The third kappa shape index (κ3) is 3.95. The second-order valence-electron chi connectivity index (χ2n) is 6.71. The zero-order valence-corrected chi connectivity index (χ0v) is 12.4. The van der Waals surface area contributed by atoms with Gasteiger partial charge in [0.15, 0.2) is 0 Å². The van der Waals surface area contributed by atoms with E-state index < -0.39 is 5.97 Å². The third-order valence-electron chi connectivity index (χ3n) is 4.44. The highest BCUT2D eigenvalue weighted by atomic mass is 16.5. The molecule has 0 aromatic carbocycles. The van der Waals surface area contributed by atoms with Crippen LogP contribution in [0.2, 0.25) is 0 Å². The molecule has 5 heteroatoms. The Morgan fingerprint density at radius 2 is 1.90 bits per heavy atom. The molecule has 1 heterocycles. The summed E-state index contributed by atoms with van der Waals surface area (Å²) in [5.74, 6) is -1.24. The predicted octanol–water partition coefficient (Wildman–Crippen LogP) is 1.95. The molecule has 1 saturated heterocycles. The Labute approximate surface area is 120 Å². The minimum Gasteiger partial charge on any atom is -0.481 e. The molecule has 3 unspecified atom stereocenters. The first-order chi connectivity index (χ1) is 9.37. The molecular formula is C15H25NO4. The van der Waals surface area contributed by atoms with Crippen LogP contribution in [-0.2, 0) is 14.3 Å². The number of carbonyl (C=O) groups excluding carboxylic acids is 1. The van der Waals surface area contributed by atoms with Crippen LogP contribution in [-0.4, -0.2) is 35.2 Å². The molecule has 1 amide bonds. The maximum atomic E-state index is 12.3. The molecule has 1 aliphatic carbocycles. The molecule has 0 aromatic heterocycles. The van der Waals surface area contributed by atoms with Crippen LogP contribution in [0, 0.1) is 11.8 Å². The van der Waals surface area contributed by atoms with E-state index in [0.717, 1.165) is 25.7 Å². The Balaban J connectivity index is 1.86. The van der Waals surface area contributed by atoms with E-state index in [1.54, 1.807) is 0 Å². The molecule has 0 radical (unpaired) electrons. The van der Waals surface area contributed by atoms with Crippen LogP contribution in [0.3, 0.4) is 0 Å². The number of hydrogen-bond acceptors (Lipinski definition) is 3. The number of carbonyl (C=O) groups is 2. The topological polar surface area (TPSA) is 75.6 Å². The number of rotatable bonds is 3. The molecule has 20 heavy (non-hydrogen) atoms. The summed E-state index contributed by atoms with van der Waals surface area (Å²) in [7, 11) is 0. The molecule has 0 aromatic rings. The summed E-state index contributed by atoms with van der Waals surface area (Å²) in [6.45, 7) is 4.74. The first-order valence-corrected chi connectivity index (χ1v) is 7.54. The van der Waals surface area contributed by atoms with Gasteiger partial charge in [-0.3, -0.25) is 9.59 Å². The lowest BCUT2D eigenvalue weighted by molar-refractivity contribution is -0.144. The SMILES string of the molecule is CC1(C)CC(NC(=O)C2CCCC(C(=O)O)C2)CCO1. The van der Waals surface area contributed by atoms with Crippen LogP contribution >= 0.6 is 0 Å². The van der Waals surface area contributed by atoms with Crippen molar-refractivity contribution in [3.63, 3.8) is 0 Å². The highest BCUT2D eigenvalue weighted by Crippen LogP contribution is 2.30. The molecule has 0 bridgehead atoms. The fourth-order valence-corrected chi connectivity index (χ4v) is 3.33. The third-order valence-corrected chi connectivity index (χ3v) is 4.44. The van der Waals surface area contributed by atoms with E-state index in [-0.39, 0.29) is 29.4 Å². The van der Waals surface area contributed by atoms with Crippen LogP contribution < -0.4 is 5.32 Å². The minimum atomic E-state index is -0.769. The Morgan fingerprint density at radius 1 is 1.20 bits per heavy atom. The number of amides is 1. The monoisotopic (exact) mass is 283 g/mol. The molecule has 5 nitrogen and oxygen atoms in total. The highest BCUT2D eigenvalue weighted by molar-refractivity contribution is 5.80. The molecular weight excluding hydrogens is 258 g/mol. The largest absolute Gasteiger partial charge is 0.481 e. The summed E-state index contributed by atoms with van der Waals surface area (Å²) in [6, 6.07) is 0.149. The van der Waals surface area contributed by atoms with Gasteiger partial charge in [0, 0.05) is 18.6 Å². The first-order valence-electron chi connectivity index (χ1n) is 7.54. The normalized spacial score (nSPS) is 33.4. The van der Waals surface area contributed by atoms with Gasteiger partial charge in [0.1, 0.15) is 0 Å². The van der Waals surface area contributed by atoms with Gasteiger partial charge >= 0.3 is 5.97 Å². The van der Waals surface area contributed by atoms with E-state index in [4.69, 9.17) is 9.84 Å². The standard InChI is InChI=1S/C15H25NO4/c1-15(2)9-12(6-7-20-15)16-13(17)10-4-3-5-11(8-10)14(18)19/h10-12H,3-9H2,1-2H3,(H,16,17)(H,18,19). The summed E-state index contributed by atoms with van der Waals surface area (Å²) in [4.78, 5) is 23.4. The Bertz CT molecular complexity index is 380. The van der Waals surface area contributed by atoms with Crippen LogP contribution in [0.5, 0.6) is 0 Å². The molecule has 114 valence electrons. The molecule has 1 aliphatic heterocycles. The molecule has 1 saturated carbocycles. The summed E-state index contributed by atoms with van der Waals surface area (Å²) in [5, 5.41) is 12.2. The lowest BCUT2D eigenvalue weighted by Crippen LogP contribution is -2.48. The first kappa shape index (κ1) is 15.3. The van der Waals surface area contributed by atoms with Gasteiger partial charge in [-0.15, -0.1) is 0 Å². The zero-order chi connectivity index (χ0) is 14.8. The number of carboxylic acid groups (broad SMARTS) is 1. The number of aliphatic carboxylic acids is 1. The van der Waals surface area contributed by atoms with E-state index in [1.165, 1.54) is 0 Å². The van der Waals surface area contributed by atoms with Crippen molar-refractivity contribution in [2.75, 3.05) is 6.61 Å². The lowest BCUT2D eigenvalue weighted by Gasteiger charge is -2.37. The smallest absolute Gasteiger partial charge is 0.306 e. The molecule has 2 fully saturated rings. The fraction of sp³-hybridized carbons (Fsp3) is 0.867. The second kappa shape index (κ2) is 6.12. The van der Waals surface area contributed by atoms with E-state index in [9.17, 15) is 9.59 Å². The molecule has 0 spiro atoms. The van der Waals surface area contributed by atoms with Crippen molar-refractivity contribution in [2.45, 2.75) is 64.0 Å². The van der Waals surface area contributed by atoms with Crippen LogP contribution in [0.1, 0.15) is 52.4 Å². The van der Waals surface area contributed by atoms with Crippen LogP contribution in [0.25, 0.3) is 0 Å². The van der Waals surface area contributed by atoms with Crippen molar-refractivity contribution in [1.29, 1.82) is 0 Å². The molecule has 2 N–H and O–H groups in total. The van der Waals surface area contributed by atoms with Gasteiger partial charge in [0.2, 0.25) is 5.91 Å². The quantitative estimate of drug-likeness (QED) is 0.830. The van der Waals surface area contributed by atoms with Gasteiger partial charge in [-0.1, -0.05) is 6.42 Å². The number of carboxylic acids is 1. The molecule has 2 rings (SSSR count). The van der Waals surface area contributed by atoms with Gasteiger partial charge in [-0.25, -0.2) is 0 Å². The van der Waals surface area contributed by atoms with Crippen molar-refractivity contribution < 1.29 is 19.4 Å². The maximum absolute atomic E-state index is 12.3.